The van der Waals surface area contributed by atoms with E-state index in [1.54, 1.807) is 11.3 Å². The molecule has 4 nitrogen and oxygen atoms in total. The SMILES string of the molecule is Cc1nc(CNCc2ccc(Cl)s2)n[nH]1. The number of rotatable bonds is 4. The van der Waals surface area contributed by atoms with Crippen LogP contribution in [0.3, 0.4) is 0 Å². The average Bonchev–Trinajstić information content (AvgIpc) is 2.76. The number of halogens is 1. The lowest BCUT2D eigenvalue weighted by molar-refractivity contribution is 0.671. The summed E-state index contributed by atoms with van der Waals surface area (Å²) in [6.45, 7) is 3.35. The van der Waals surface area contributed by atoms with Crippen molar-refractivity contribution in [3.8, 4) is 0 Å². The van der Waals surface area contributed by atoms with E-state index in [9.17, 15) is 0 Å². The maximum Gasteiger partial charge on any atom is 0.164 e. The van der Waals surface area contributed by atoms with Gasteiger partial charge in [0, 0.05) is 11.4 Å². The molecule has 0 radical (unpaired) electrons. The molecule has 15 heavy (non-hydrogen) atoms. The largest absolute Gasteiger partial charge is 0.305 e. The summed E-state index contributed by atoms with van der Waals surface area (Å²) in [5, 5.41) is 10.1. The fourth-order valence-electron chi connectivity index (χ4n) is 1.21. The van der Waals surface area contributed by atoms with Crippen molar-refractivity contribution in [1.82, 2.24) is 20.5 Å². The highest BCUT2D eigenvalue weighted by Gasteiger charge is 2.00. The van der Waals surface area contributed by atoms with Crippen molar-refractivity contribution in [3.63, 3.8) is 0 Å². The summed E-state index contributed by atoms with van der Waals surface area (Å²) in [6, 6.07) is 3.92. The smallest absolute Gasteiger partial charge is 0.164 e. The zero-order valence-corrected chi connectivity index (χ0v) is 9.82. The third kappa shape index (κ3) is 3.02. The van der Waals surface area contributed by atoms with Crippen molar-refractivity contribution in [1.29, 1.82) is 0 Å². The van der Waals surface area contributed by atoms with Crippen molar-refractivity contribution in [3.05, 3.63) is 33.0 Å². The first kappa shape index (κ1) is 10.6. The van der Waals surface area contributed by atoms with Crippen LogP contribution in [0.2, 0.25) is 4.34 Å². The normalized spacial score (nSPS) is 10.8. The lowest BCUT2D eigenvalue weighted by Gasteiger charge is -1.98. The van der Waals surface area contributed by atoms with E-state index in [0.29, 0.717) is 6.54 Å². The van der Waals surface area contributed by atoms with Gasteiger partial charge in [-0.3, -0.25) is 5.10 Å². The highest BCUT2D eigenvalue weighted by Crippen LogP contribution is 2.20. The minimum absolute atomic E-state index is 0.667. The minimum atomic E-state index is 0.667. The Bertz CT molecular complexity index is 397. The van der Waals surface area contributed by atoms with Crippen LogP contribution in [0.25, 0.3) is 0 Å². The molecule has 0 saturated heterocycles. The van der Waals surface area contributed by atoms with Crippen LogP contribution in [0.1, 0.15) is 16.5 Å². The molecule has 0 saturated carbocycles. The number of hydrogen-bond acceptors (Lipinski definition) is 4. The monoisotopic (exact) mass is 242 g/mol. The molecule has 0 aromatic carbocycles. The van der Waals surface area contributed by atoms with Crippen LogP contribution < -0.4 is 5.32 Å². The van der Waals surface area contributed by atoms with Crippen molar-refractivity contribution >= 4 is 22.9 Å². The lowest BCUT2D eigenvalue weighted by atomic mass is 10.4. The molecule has 0 aliphatic heterocycles. The second-order valence-corrected chi connectivity index (χ2v) is 4.95. The van der Waals surface area contributed by atoms with E-state index in [1.807, 2.05) is 19.1 Å². The van der Waals surface area contributed by atoms with Gasteiger partial charge >= 0.3 is 0 Å². The summed E-state index contributed by atoms with van der Waals surface area (Å²) in [7, 11) is 0. The molecule has 0 amide bonds. The van der Waals surface area contributed by atoms with Crippen LogP contribution in [0, 0.1) is 6.92 Å². The van der Waals surface area contributed by atoms with E-state index in [1.165, 1.54) is 4.88 Å². The van der Waals surface area contributed by atoms with Gasteiger partial charge in [-0.15, -0.1) is 11.3 Å². The number of thiophene rings is 1. The Morgan fingerprint density at radius 2 is 2.33 bits per heavy atom. The summed E-state index contributed by atoms with van der Waals surface area (Å²) < 4.78 is 0.820. The van der Waals surface area contributed by atoms with Crippen molar-refractivity contribution in [2.45, 2.75) is 20.0 Å². The number of H-pyrrole nitrogens is 1. The molecule has 80 valence electrons. The molecule has 0 aliphatic rings. The lowest BCUT2D eigenvalue weighted by Crippen LogP contribution is -2.12. The number of aromatic nitrogens is 3. The van der Waals surface area contributed by atoms with Gasteiger partial charge in [0.15, 0.2) is 5.82 Å². The third-order valence-corrected chi connectivity index (χ3v) is 3.09. The van der Waals surface area contributed by atoms with E-state index in [4.69, 9.17) is 11.6 Å². The Kier molecular flexibility index (Phi) is 3.35. The summed E-state index contributed by atoms with van der Waals surface area (Å²) >= 11 is 7.40. The van der Waals surface area contributed by atoms with Gasteiger partial charge in [0.2, 0.25) is 0 Å². The van der Waals surface area contributed by atoms with Gasteiger partial charge in [-0.25, -0.2) is 4.98 Å². The van der Waals surface area contributed by atoms with Gasteiger partial charge in [0.05, 0.1) is 10.9 Å². The Labute approximate surface area is 96.7 Å². The molecule has 6 heteroatoms. The predicted octanol–water partition coefficient (Wildman–Crippen LogP) is 2.12. The number of nitrogens with one attached hydrogen (secondary N) is 2. The fraction of sp³-hybridized carbons (Fsp3) is 0.333. The first-order valence-corrected chi connectivity index (χ1v) is 5.76. The Morgan fingerprint density at radius 3 is 2.93 bits per heavy atom. The second kappa shape index (κ2) is 4.74. The molecular formula is C9H11ClN4S. The number of nitrogens with zero attached hydrogens (tertiary/aromatic N) is 2. The predicted molar refractivity (Wildman–Crippen MR) is 61.0 cm³/mol. The van der Waals surface area contributed by atoms with Crippen LogP contribution in [0.15, 0.2) is 12.1 Å². The maximum atomic E-state index is 5.82. The minimum Gasteiger partial charge on any atom is -0.305 e. The average molecular weight is 243 g/mol. The summed E-state index contributed by atoms with van der Waals surface area (Å²) in [5.74, 6) is 1.63. The zero-order valence-electron chi connectivity index (χ0n) is 8.25. The number of hydrogen-bond donors (Lipinski definition) is 2. The first-order valence-electron chi connectivity index (χ1n) is 4.57. The summed E-state index contributed by atoms with van der Waals surface area (Å²) in [5.41, 5.74) is 0. The molecular weight excluding hydrogens is 232 g/mol. The molecule has 0 fully saturated rings. The molecule has 2 rings (SSSR count). The zero-order chi connectivity index (χ0) is 10.7. The van der Waals surface area contributed by atoms with Crippen LogP contribution in [-0.2, 0) is 13.1 Å². The van der Waals surface area contributed by atoms with Crippen molar-refractivity contribution in [2.75, 3.05) is 0 Å². The van der Waals surface area contributed by atoms with Crippen LogP contribution in [-0.4, -0.2) is 15.2 Å². The highest BCUT2D eigenvalue weighted by molar-refractivity contribution is 7.16. The van der Waals surface area contributed by atoms with E-state index in [-0.39, 0.29) is 0 Å². The quantitative estimate of drug-likeness (QED) is 0.864. The fourth-order valence-corrected chi connectivity index (χ4v) is 2.27. The molecule has 2 heterocycles. The number of aryl methyl sites for hydroxylation is 1. The van der Waals surface area contributed by atoms with Gasteiger partial charge in [-0.1, -0.05) is 11.6 Å². The van der Waals surface area contributed by atoms with Gasteiger partial charge in [0.1, 0.15) is 5.82 Å². The Morgan fingerprint density at radius 1 is 1.47 bits per heavy atom. The van der Waals surface area contributed by atoms with E-state index >= 15 is 0 Å². The summed E-state index contributed by atoms with van der Waals surface area (Å²) in [6.07, 6.45) is 0. The van der Waals surface area contributed by atoms with E-state index in [0.717, 1.165) is 22.5 Å². The van der Waals surface area contributed by atoms with Crippen molar-refractivity contribution in [2.24, 2.45) is 0 Å². The van der Waals surface area contributed by atoms with Crippen LogP contribution in [0.5, 0.6) is 0 Å². The van der Waals surface area contributed by atoms with E-state index < -0.39 is 0 Å². The Hall–Kier alpha value is -0.910. The topological polar surface area (TPSA) is 53.6 Å². The van der Waals surface area contributed by atoms with Gasteiger partial charge in [-0.05, 0) is 19.1 Å². The maximum absolute atomic E-state index is 5.82. The molecule has 0 atom stereocenters. The Balaban J connectivity index is 1.80. The molecule has 2 aromatic heterocycles. The van der Waals surface area contributed by atoms with Gasteiger partial charge in [0.25, 0.3) is 0 Å². The standard InChI is InChI=1S/C9H11ClN4S/c1-6-12-9(14-13-6)5-11-4-7-2-3-8(10)15-7/h2-3,11H,4-5H2,1H3,(H,12,13,14). The molecule has 0 spiro atoms. The van der Waals surface area contributed by atoms with E-state index in [2.05, 4.69) is 20.5 Å². The van der Waals surface area contributed by atoms with Crippen LogP contribution >= 0.6 is 22.9 Å². The molecule has 2 N–H and O–H groups in total. The number of aromatic amines is 1. The van der Waals surface area contributed by atoms with Gasteiger partial charge < -0.3 is 5.32 Å². The summed E-state index contributed by atoms with van der Waals surface area (Å²) in [4.78, 5) is 5.41. The second-order valence-electron chi connectivity index (χ2n) is 3.15. The van der Waals surface area contributed by atoms with Crippen LogP contribution in [0.4, 0.5) is 0 Å². The third-order valence-electron chi connectivity index (χ3n) is 1.85. The van der Waals surface area contributed by atoms with Gasteiger partial charge in [-0.2, -0.15) is 5.10 Å². The first-order chi connectivity index (χ1) is 7.24. The highest BCUT2D eigenvalue weighted by atomic mass is 35.5. The van der Waals surface area contributed by atoms with Crippen molar-refractivity contribution < 1.29 is 0 Å². The molecule has 0 bridgehead atoms. The molecule has 0 aliphatic carbocycles. The molecule has 0 unspecified atom stereocenters. The molecule has 2 aromatic rings.